The molecule has 2 bridgehead atoms. The highest BCUT2D eigenvalue weighted by Crippen LogP contribution is 2.31. The van der Waals surface area contributed by atoms with E-state index in [0.29, 0.717) is 13.2 Å². The Labute approximate surface area is 66.6 Å². The summed E-state index contributed by atoms with van der Waals surface area (Å²) in [5, 5.41) is 0. The first kappa shape index (κ1) is 7.53. The van der Waals surface area contributed by atoms with Crippen molar-refractivity contribution in [1.82, 2.24) is 0 Å². The molecular weight excluding hydrogens is 144 g/mol. The molecular formula is C8H14O3. The maximum Gasteiger partial charge on any atom is 0.168 e. The summed E-state index contributed by atoms with van der Waals surface area (Å²) in [4.78, 5) is 0. The summed E-state index contributed by atoms with van der Waals surface area (Å²) in [6, 6.07) is 0. The smallest absolute Gasteiger partial charge is 0.168 e. The van der Waals surface area contributed by atoms with Gasteiger partial charge in [-0.3, -0.25) is 0 Å². The number of rotatable bonds is 0. The Balaban J connectivity index is 2.10. The van der Waals surface area contributed by atoms with Crippen LogP contribution in [0, 0.1) is 0 Å². The predicted molar refractivity (Wildman–Crippen MR) is 39.3 cm³/mol. The van der Waals surface area contributed by atoms with Crippen LogP contribution in [0.3, 0.4) is 0 Å². The number of fused-ring (bicyclic) bond motifs is 2. The molecule has 0 spiro atoms. The topological polar surface area (TPSA) is 27.7 Å². The summed E-state index contributed by atoms with van der Waals surface area (Å²) in [6.07, 6.45) is 1.25. The molecule has 2 saturated heterocycles. The molecule has 0 aromatic carbocycles. The summed E-state index contributed by atoms with van der Waals surface area (Å²) in [6.45, 7) is 5.40. The molecule has 2 rings (SSSR count). The van der Waals surface area contributed by atoms with Crippen LogP contribution in [0.15, 0.2) is 0 Å². The lowest BCUT2D eigenvalue weighted by Crippen LogP contribution is -2.29. The van der Waals surface area contributed by atoms with Crippen molar-refractivity contribution >= 4 is 0 Å². The van der Waals surface area contributed by atoms with E-state index in [0.717, 1.165) is 6.42 Å². The van der Waals surface area contributed by atoms with Gasteiger partial charge in [-0.05, 0) is 13.8 Å². The van der Waals surface area contributed by atoms with E-state index in [1.807, 2.05) is 6.92 Å². The van der Waals surface area contributed by atoms with Crippen molar-refractivity contribution in [2.75, 3.05) is 13.2 Å². The predicted octanol–water partition coefficient (Wildman–Crippen LogP) is 0.927. The molecule has 0 radical (unpaired) electrons. The summed E-state index contributed by atoms with van der Waals surface area (Å²) >= 11 is 0. The fraction of sp³-hybridized carbons (Fsp3) is 1.00. The van der Waals surface area contributed by atoms with Gasteiger partial charge in [0.05, 0.1) is 19.3 Å². The molecule has 3 nitrogen and oxygen atoms in total. The van der Waals surface area contributed by atoms with Crippen LogP contribution in [0.25, 0.3) is 0 Å². The summed E-state index contributed by atoms with van der Waals surface area (Å²) in [7, 11) is 0. The average molecular weight is 158 g/mol. The first-order chi connectivity index (χ1) is 5.18. The van der Waals surface area contributed by atoms with Crippen molar-refractivity contribution in [1.29, 1.82) is 0 Å². The monoisotopic (exact) mass is 158 g/mol. The third kappa shape index (κ3) is 1.41. The minimum Gasteiger partial charge on any atom is -0.376 e. The van der Waals surface area contributed by atoms with Gasteiger partial charge < -0.3 is 14.2 Å². The van der Waals surface area contributed by atoms with Gasteiger partial charge in [0.25, 0.3) is 0 Å². The van der Waals surface area contributed by atoms with Crippen LogP contribution in [-0.2, 0) is 14.2 Å². The zero-order chi connectivity index (χ0) is 7.90. The van der Waals surface area contributed by atoms with Crippen molar-refractivity contribution in [2.24, 2.45) is 0 Å². The molecule has 2 heterocycles. The molecule has 0 aromatic rings. The Morgan fingerprint density at radius 2 is 2.18 bits per heavy atom. The SMILES string of the molecule is CC1CC2(C)OCC(CO1)O2. The van der Waals surface area contributed by atoms with Gasteiger partial charge in [0.1, 0.15) is 6.10 Å². The zero-order valence-electron chi connectivity index (χ0n) is 7.00. The van der Waals surface area contributed by atoms with Crippen molar-refractivity contribution in [2.45, 2.75) is 38.3 Å². The minimum atomic E-state index is -0.374. The second kappa shape index (κ2) is 2.44. The lowest BCUT2D eigenvalue weighted by atomic mass is 10.1. The summed E-state index contributed by atoms with van der Waals surface area (Å²) in [5.74, 6) is -0.374. The van der Waals surface area contributed by atoms with Crippen molar-refractivity contribution < 1.29 is 14.2 Å². The highest BCUT2D eigenvalue weighted by atomic mass is 16.8. The average Bonchev–Trinajstić information content (AvgIpc) is 2.19. The number of hydrogen-bond donors (Lipinski definition) is 0. The lowest BCUT2D eigenvalue weighted by Gasteiger charge is -2.23. The number of ether oxygens (including phenoxy) is 3. The molecule has 11 heavy (non-hydrogen) atoms. The molecule has 0 aromatic heterocycles. The van der Waals surface area contributed by atoms with Gasteiger partial charge in [0, 0.05) is 6.42 Å². The van der Waals surface area contributed by atoms with E-state index in [4.69, 9.17) is 14.2 Å². The van der Waals surface area contributed by atoms with Crippen LogP contribution < -0.4 is 0 Å². The van der Waals surface area contributed by atoms with Crippen LogP contribution in [0.5, 0.6) is 0 Å². The largest absolute Gasteiger partial charge is 0.376 e. The van der Waals surface area contributed by atoms with Gasteiger partial charge in [-0.25, -0.2) is 0 Å². The van der Waals surface area contributed by atoms with E-state index in [9.17, 15) is 0 Å². The van der Waals surface area contributed by atoms with Crippen LogP contribution in [0.4, 0.5) is 0 Å². The molecule has 3 heteroatoms. The molecule has 0 saturated carbocycles. The highest BCUT2D eigenvalue weighted by molar-refractivity contribution is 4.80. The van der Waals surface area contributed by atoms with Gasteiger partial charge in [-0.15, -0.1) is 0 Å². The van der Waals surface area contributed by atoms with Crippen LogP contribution >= 0.6 is 0 Å². The van der Waals surface area contributed by atoms with E-state index in [-0.39, 0.29) is 18.0 Å². The molecule has 3 unspecified atom stereocenters. The van der Waals surface area contributed by atoms with E-state index in [1.165, 1.54) is 0 Å². The normalized spacial score (nSPS) is 50.7. The van der Waals surface area contributed by atoms with Gasteiger partial charge >= 0.3 is 0 Å². The minimum absolute atomic E-state index is 0.157. The van der Waals surface area contributed by atoms with Gasteiger partial charge in [-0.2, -0.15) is 0 Å². The van der Waals surface area contributed by atoms with Crippen molar-refractivity contribution in [3.63, 3.8) is 0 Å². The molecule has 2 fully saturated rings. The molecule has 0 amide bonds. The van der Waals surface area contributed by atoms with Gasteiger partial charge in [0.15, 0.2) is 5.79 Å². The van der Waals surface area contributed by atoms with Gasteiger partial charge in [0.2, 0.25) is 0 Å². The van der Waals surface area contributed by atoms with E-state index >= 15 is 0 Å². The Hall–Kier alpha value is -0.120. The third-order valence-corrected chi connectivity index (χ3v) is 2.22. The highest BCUT2D eigenvalue weighted by Gasteiger charge is 2.41. The second-order valence-electron chi connectivity index (χ2n) is 3.53. The maximum atomic E-state index is 5.63. The fourth-order valence-electron chi connectivity index (χ4n) is 1.73. The quantitative estimate of drug-likeness (QED) is 0.525. The first-order valence-electron chi connectivity index (χ1n) is 4.11. The standard InChI is InChI=1S/C8H14O3/c1-6-3-8(2)10-5-7(11-8)4-9-6/h6-7H,3-5H2,1-2H3. The molecule has 3 atom stereocenters. The lowest BCUT2D eigenvalue weighted by molar-refractivity contribution is -0.156. The van der Waals surface area contributed by atoms with Crippen LogP contribution in [0.2, 0.25) is 0 Å². The Bertz CT molecular complexity index is 159. The molecule has 2 aliphatic heterocycles. The molecule has 2 aliphatic rings. The first-order valence-corrected chi connectivity index (χ1v) is 4.11. The van der Waals surface area contributed by atoms with Crippen LogP contribution in [-0.4, -0.2) is 31.2 Å². The van der Waals surface area contributed by atoms with Crippen molar-refractivity contribution in [3.05, 3.63) is 0 Å². The zero-order valence-corrected chi connectivity index (χ0v) is 7.00. The summed E-state index contributed by atoms with van der Waals surface area (Å²) in [5.41, 5.74) is 0. The number of hydrogen-bond acceptors (Lipinski definition) is 3. The van der Waals surface area contributed by atoms with Gasteiger partial charge in [-0.1, -0.05) is 0 Å². The second-order valence-corrected chi connectivity index (χ2v) is 3.53. The van der Waals surface area contributed by atoms with Crippen LogP contribution in [0.1, 0.15) is 20.3 Å². The molecule has 0 aliphatic carbocycles. The van der Waals surface area contributed by atoms with Crippen molar-refractivity contribution in [3.8, 4) is 0 Å². The Morgan fingerprint density at radius 1 is 1.36 bits per heavy atom. The van der Waals surface area contributed by atoms with E-state index in [2.05, 4.69) is 6.92 Å². The Morgan fingerprint density at radius 3 is 3.00 bits per heavy atom. The Kier molecular flexibility index (Phi) is 1.67. The van der Waals surface area contributed by atoms with E-state index < -0.39 is 0 Å². The van der Waals surface area contributed by atoms with E-state index in [1.54, 1.807) is 0 Å². The fourth-order valence-corrected chi connectivity index (χ4v) is 1.73. The third-order valence-electron chi connectivity index (χ3n) is 2.22. The molecule has 64 valence electrons. The molecule has 0 N–H and O–H groups in total. The maximum absolute atomic E-state index is 5.63. The summed E-state index contributed by atoms with van der Waals surface area (Å²) < 4.78 is 16.6.